The summed E-state index contributed by atoms with van der Waals surface area (Å²) in [5.74, 6) is 1.04. The lowest BCUT2D eigenvalue weighted by atomic mass is 10.2. The van der Waals surface area contributed by atoms with E-state index in [9.17, 15) is 0 Å². The van der Waals surface area contributed by atoms with E-state index in [1.165, 1.54) is 41.2 Å². The van der Waals surface area contributed by atoms with E-state index in [0.29, 0.717) is 0 Å². The van der Waals surface area contributed by atoms with Gasteiger partial charge in [0.05, 0.1) is 6.61 Å². The molecule has 16 heavy (non-hydrogen) atoms. The van der Waals surface area contributed by atoms with Crippen molar-refractivity contribution in [3.63, 3.8) is 0 Å². The summed E-state index contributed by atoms with van der Waals surface area (Å²) in [6.45, 7) is 5.20. The number of rotatable bonds is 7. The van der Waals surface area contributed by atoms with Crippen LogP contribution in [0.25, 0.3) is 0 Å². The summed E-state index contributed by atoms with van der Waals surface area (Å²) < 4.78 is 7.04. The minimum absolute atomic E-state index is 0.852. The average Bonchev–Trinajstić information content (AvgIpc) is 2.26. The Kier molecular flexibility index (Phi) is 6.85. The standard InChI is InChI=1S/C14H21IO/c1-3-4-5-6-7-10-16-14-9-8-13(15)11-12(14)2/h8-9,11H,3-7,10H2,1-2H3. The highest BCUT2D eigenvalue weighted by Gasteiger charge is 1.99. The summed E-state index contributed by atoms with van der Waals surface area (Å²) in [5, 5.41) is 0. The lowest BCUT2D eigenvalue weighted by Crippen LogP contribution is -1.99. The highest BCUT2D eigenvalue weighted by atomic mass is 127. The van der Waals surface area contributed by atoms with Crippen LogP contribution in [0.1, 0.15) is 44.6 Å². The molecule has 1 aromatic carbocycles. The topological polar surface area (TPSA) is 9.23 Å². The van der Waals surface area contributed by atoms with Gasteiger partial charge in [-0.3, -0.25) is 0 Å². The summed E-state index contributed by atoms with van der Waals surface area (Å²) in [7, 11) is 0. The van der Waals surface area contributed by atoms with Gasteiger partial charge in [-0.2, -0.15) is 0 Å². The van der Waals surface area contributed by atoms with Gasteiger partial charge in [0.25, 0.3) is 0 Å². The number of benzene rings is 1. The van der Waals surface area contributed by atoms with Gasteiger partial charge in [0.2, 0.25) is 0 Å². The van der Waals surface area contributed by atoms with Crippen LogP contribution in [0.5, 0.6) is 5.75 Å². The Bertz CT molecular complexity index is 310. The molecule has 0 atom stereocenters. The van der Waals surface area contributed by atoms with Gasteiger partial charge < -0.3 is 4.74 Å². The molecule has 0 fully saturated rings. The zero-order valence-corrected chi connectivity index (χ0v) is 12.4. The van der Waals surface area contributed by atoms with Gasteiger partial charge in [0.1, 0.15) is 5.75 Å². The minimum Gasteiger partial charge on any atom is -0.493 e. The Morgan fingerprint density at radius 1 is 1.12 bits per heavy atom. The molecule has 0 spiro atoms. The Morgan fingerprint density at radius 2 is 1.88 bits per heavy atom. The van der Waals surface area contributed by atoms with Crippen molar-refractivity contribution in [3.8, 4) is 5.75 Å². The molecule has 0 saturated heterocycles. The number of unbranched alkanes of at least 4 members (excludes halogenated alkanes) is 4. The third-order valence-electron chi connectivity index (χ3n) is 2.64. The van der Waals surface area contributed by atoms with Gasteiger partial charge in [-0.25, -0.2) is 0 Å². The van der Waals surface area contributed by atoms with E-state index in [-0.39, 0.29) is 0 Å². The molecule has 0 aromatic heterocycles. The third-order valence-corrected chi connectivity index (χ3v) is 3.31. The molecule has 0 bridgehead atoms. The predicted molar refractivity (Wildman–Crippen MR) is 78.2 cm³/mol. The maximum atomic E-state index is 5.77. The summed E-state index contributed by atoms with van der Waals surface area (Å²) in [6.07, 6.45) is 6.45. The molecular formula is C14H21IO. The van der Waals surface area contributed by atoms with Gasteiger partial charge in [-0.15, -0.1) is 0 Å². The average molecular weight is 332 g/mol. The second-order valence-corrected chi connectivity index (χ2v) is 5.42. The first-order chi connectivity index (χ1) is 7.74. The van der Waals surface area contributed by atoms with Crippen molar-refractivity contribution in [3.05, 3.63) is 27.3 Å². The van der Waals surface area contributed by atoms with E-state index in [0.717, 1.165) is 12.4 Å². The Balaban J connectivity index is 2.21. The molecule has 0 aliphatic heterocycles. The van der Waals surface area contributed by atoms with Crippen molar-refractivity contribution in [1.82, 2.24) is 0 Å². The first kappa shape index (κ1) is 13.8. The van der Waals surface area contributed by atoms with Gasteiger partial charge >= 0.3 is 0 Å². The number of ether oxygens (including phenoxy) is 1. The van der Waals surface area contributed by atoms with Crippen LogP contribution < -0.4 is 4.74 Å². The maximum Gasteiger partial charge on any atom is 0.122 e. The van der Waals surface area contributed by atoms with Gasteiger partial charge in [0, 0.05) is 3.57 Å². The van der Waals surface area contributed by atoms with E-state index >= 15 is 0 Å². The Hall–Kier alpha value is -0.250. The van der Waals surface area contributed by atoms with Crippen molar-refractivity contribution in [1.29, 1.82) is 0 Å². The number of hydrogen-bond acceptors (Lipinski definition) is 1. The number of halogens is 1. The fraction of sp³-hybridized carbons (Fsp3) is 0.571. The number of aryl methyl sites for hydroxylation is 1. The molecule has 0 unspecified atom stereocenters. The largest absolute Gasteiger partial charge is 0.493 e. The second-order valence-electron chi connectivity index (χ2n) is 4.17. The van der Waals surface area contributed by atoms with E-state index in [2.05, 4.69) is 54.6 Å². The number of hydrogen-bond donors (Lipinski definition) is 0. The van der Waals surface area contributed by atoms with E-state index < -0.39 is 0 Å². The van der Waals surface area contributed by atoms with Gasteiger partial charge in [-0.1, -0.05) is 32.6 Å². The highest BCUT2D eigenvalue weighted by Crippen LogP contribution is 2.20. The van der Waals surface area contributed by atoms with Crippen LogP contribution in [-0.2, 0) is 0 Å². The van der Waals surface area contributed by atoms with Gasteiger partial charge in [0.15, 0.2) is 0 Å². The normalized spacial score (nSPS) is 10.4. The minimum atomic E-state index is 0.852. The molecule has 2 heteroatoms. The predicted octanol–water partition coefficient (Wildman–Crippen LogP) is 4.95. The second kappa shape index (κ2) is 7.93. The van der Waals surface area contributed by atoms with Crippen molar-refractivity contribution in [2.75, 3.05) is 6.61 Å². The fourth-order valence-corrected chi connectivity index (χ4v) is 2.31. The molecule has 0 saturated carbocycles. The fourth-order valence-electron chi connectivity index (χ4n) is 1.66. The molecular weight excluding hydrogens is 311 g/mol. The quantitative estimate of drug-likeness (QED) is 0.507. The summed E-state index contributed by atoms with van der Waals surface area (Å²) >= 11 is 2.33. The molecule has 90 valence electrons. The van der Waals surface area contributed by atoms with Crippen molar-refractivity contribution >= 4 is 22.6 Å². The van der Waals surface area contributed by atoms with Crippen LogP contribution in [0.15, 0.2) is 18.2 Å². The van der Waals surface area contributed by atoms with Crippen LogP contribution in [0.3, 0.4) is 0 Å². The SMILES string of the molecule is CCCCCCCOc1ccc(I)cc1C. The van der Waals surface area contributed by atoms with E-state index in [1.807, 2.05) is 0 Å². The molecule has 0 aliphatic rings. The molecule has 0 radical (unpaired) electrons. The highest BCUT2D eigenvalue weighted by molar-refractivity contribution is 14.1. The van der Waals surface area contributed by atoms with E-state index in [1.54, 1.807) is 0 Å². The molecule has 0 aliphatic carbocycles. The molecule has 0 N–H and O–H groups in total. The van der Waals surface area contributed by atoms with Crippen LogP contribution in [0.2, 0.25) is 0 Å². The Labute approximate surface area is 113 Å². The van der Waals surface area contributed by atoms with Crippen molar-refractivity contribution in [2.45, 2.75) is 46.0 Å². The van der Waals surface area contributed by atoms with Crippen LogP contribution in [-0.4, -0.2) is 6.61 Å². The monoisotopic (exact) mass is 332 g/mol. The smallest absolute Gasteiger partial charge is 0.122 e. The summed E-state index contributed by atoms with van der Waals surface area (Å²) in [5.41, 5.74) is 1.24. The lowest BCUT2D eigenvalue weighted by Gasteiger charge is -2.09. The molecule has 1 aromatic rings. The van der Waals surface area contributed by atoms with Crippen LogP contribution in [0.4, 0.5) is 0 Å². The summed E-state index contributed by atoms with van der Waals surface area (Å²) in [6, 6.07) is 6.33. The first-order valence-corrected chi connectivity index (χ1v) is 7.21. The lowest BCUT2D eigenvalue weighted by molar-refractivity contribution is 0.302. The maximum absolute atomic E-state index is 5.77. The van der Waals surface area contributed by atoms with Crippen LogP contribution >= 0.6 is 22.6 Å². The first-order valence-electron chi connectivity index (χ1n) is 6.13. The Morgan fingerprint density at radius 3 is 2.56 bits per heavy atom. The van der Waals surface area contributed by atoms with Crippen LogP contribution in [0, 0.1) is 10.5 Å². The molecule has 1 rings (SSSR count). The van der Waals surface area contributed by atoms with Gasteiger partial charge in [-0.05, 0) is 59.7 Å². The third kappa shape index (κ3) is 5.19. The molecule has 0 heterocycles. The molecule has 0 amide bonds. The van der Waals surface area contributed by atoms with E-state index in [4.69, 9.17) is 4.74 Å². The zero-order chi connectivity index (χ0) is 11.8. The summed E-state index contributed by atoms with van der Waals surface area (Å²) in [4.78, 5) is 0. The molecule has 1 nitrogen and oxygen atoms in total. The van der Waals surface area contributed by atoms with Crippen molar-refractivity contribution < 1.29 is 4.74 Å². The van der Waals surface area contributed by atoms with Crippen molar-refractivity contribution in [2.24, 2.45) is 0 Å². The zero-order valence-electron chi connectivity index (χ0n) is 10.3.